The molecule has 6 heteroatoms. The predicted octanol–water partition coefficient (Wildman–Crippen LogP) is 3.03. The molecule has 2 aliphatic heterocycles. The van der Waals surface area contributed by atoms with Gasteiger partial charge in [-0.15, -0.1) is 0 Å². The molecule has 2 atom stereocenters. The molecule has 1 unspecified atom stereocenters. The summed E-state index contributed by atoms with van der Waals surface area (Å²) in [7, 11) is 0. The molecule has 0 fully saturated rings. The molecular weight excluding hydrogens is 384 g/mol. The maximum Gasteiger partial charge on any atom is 0.205 e. The fraction of sp³-hybridized carbons (Fsp3) is 0.208. The van der Waals surface area contributed by atoms with Crippen molar-refractivity contribution in [1.29, 1.82) is 5.26 Å². The molecular formula is C24H22F2N3O+. The molecule has 0 saturated carbocycles. The molecule has 0 bridgehead atoms. The first-order valence-corrected chi connectivity index (χ1v) is 9.86. The van der Waals surface area contributed by atoms with Crippen molar-refractivity contribution in [3.8, 4) is 6.07 Å². The number of halogens is 2. The number of benzene rings is 2. The molecule has 2 aromatic carbocycles. The van der Waals surface area contributed by atoms with E-state index in [1.165, 1.54) is 29.2 Å². The van der Waals surface area contributed by atoms with E-state index in [1.54, 1.807) is 24.3 Å². The van der Waals surface area contributed by atoms with Crippen molar-refractivity contribution in [2.24, 2.45) is 5.73 Å². The van der Waals surface area contributed by atoms with Gasteiger partial charge in [0.15, 0.2) is 0 Å². The normalized spacial score (nSPS) is 22.5. The molecule has 0 amide bonds. The van der Waals surface area contributed by atoms with E-state index in [1.807, 2.05) is 6.08 Å². The zero-order valence-corrected chi connectivity index (χ0v) is 16.6. The van der Waals surface area contributed by atoms with Gasteiger partial charge in [-0.3, -0.25) is 0 Å². The van der Waals surface area contributed by atoms with Crippen molar-refractivity contribution in [2.45, 2.75) is 12.8 Å². The predicted molar refractivity (Wildman–Crippen MR) is 110 cm³/mol. The van der Waals surface area contributed by atoms with Crippen molar-refractivity contribution < 1.29 is 18.4 Å². The number of nitrogens with one attached hydrogen (secondary N) is 1. The van der Waals surface area contributed by atoms with E-state index in [0.29, 0.717) is 17.9 Å². The Balaban J connectivity index is 1.86. The molecule has 2 heterocycles. The summed E-state index contributed by atoms with van der Waals surface area (Å²) < 4.78 is 32.8. The highest BCUT2D eigenvalue weighted by Crippen LogP contribution is 2.41. The number of nitrogens with two attached hydrogens (primary N) is 1. The third kappa shape index (κ3) is 3.72. The summed E-state index contributed by atoms with van der Waals surface area (Å²) in [6.07, 6.45) is 1.97. The van der Waals surface area contributed by atoms with Crippen LogP contribution >= 0.6 is 0 Å². The Morgan fingerprint density at radius 2 is 1.73 bits per heavy atom. The molecule has 30 heavy (non-hydrogen) atoms. The molecule has 4 nitrogen and oxygen atoms in total. The molecule has 0 radical (unpaired) electrons. The van der Waals surface area contributed by atoms with E-state index in [0.717, 1.165) is 35.4 Å². The number of quaternary nitrogens is 1. The molecule has 0 saturated heterocycles. The minimum absolute atomic E-state index is 0.0653. The van der Waals surface area contributed by atoms with E-state index in [2.05, 4.69) is 13.0 Å². The molecule has 0 aromatic heterocycles. The van der Waals surface area contributed by atoms with Gasteiger partial charge in [-0.05, 0) is 48.4 Å². The molecule has 0 aliphatic carbocycles. The first-order valence-electron chi connectivity index (χ1n) is 9.86. The van der Waals surface area contributed by atoms with Gasteiger partial charge in [0.1, 0.15) is 42.1 Å². The fourth-order valence-electron chi connectivity index (χ4n) is 4.08. The summed E-state index contributed by atoms with van der Waals surface area (Å²) in [5.41, 5.74) is 10.0. The second-order valence-corrected chi connectivity index (χ2v) is 7.51. The highest BCUT2D eigenvalue weighted by atomic mass is 19.1. The second kappa shape index (κ2) is 8.13. The van der Waals surface area contributed by atoms with E-state index in [4.69, 9.17) is 10.5 Å². The van der Waals surface area contributed by atoms with Gasteiger partial charge in [0, 0.05) is 11.1 Å². The molecule has 152 valence electrons. The number of allylic oxidation sites excluding steroid dienone is 1. The number of hydrogen-bond donors (Lipinski definition) is 2. The lowest BCUT2D eigenvalue weighted by molar-refractivity contribution is -0.890. The Morgan fingerprint density at radius 3 is 2.33 bits per heavy atom. The zero-order valence-electron chi connectivity index (χ0n) is 16.6. The lowest BCUT2D eigenvalue weighted by Crippen LogP contribution is -3.12. The van der Waals surface area contributed by atoms with Gasteiger partial charge in [-0.25, -0.2) is 8.78 Å². The summed E-state index contributed by atoms with van der Waals surface area (Å²) in [4.78, 5) is 1.30. The van der Waals surface area contributed by atoms with Crippen molar-refractivity contribution in [2.75, 3.05) is 19.6 Å². The quantitative estimate of drug-likeness (QED) is 0.824. The smallest absolute Gasteiger partial charge is 0.205 e. The van der Waals surface area contributed by atoms with Crippen LogP contribution in [-0.2, 0) is 4.74 Å². The van der Waals surface area contributed by atoms with Crippen LogP contribution in [0.2, 0.25) is 0 Å². The second-order valence-electron chi connectivity index (χ2n) is 7.51. The van der Waals surface area contributed by atoms with Crippen molar-refractivity contribution in [1.82, 2.24) is 0 Å². The van der Waals surface area contributed by atoms with Gasteiger partial charge >= 0.3 is 0 Å². The van der Waals surface area contributed by atoms with Crippen molar-refractivity contribution in [3.05, 3.63) is 99.7 Å². The van der Waals surface area contributed by atoms with Crippen LogP contribution in [0.3, 0.4) is 0 Å². The van der Waals surface area contributed by atoms with E-state index >= 15 is 0 Å². The van der Waals surface area contributed by atoms with Crippen LogP contribution < -0.4 is 10.6 Å². The summed E-state index contributed by atoms with van der Waals surface area (Å²) >= 11 is 0. The highest BCUT2D eigenvalue weighted by Gasteiger charge is 2.39. The van der Waals surface area contributed by atoms with E-state index in [9.17, 15) is 14.0 Å². The summed E-state index contributed by atoms with van der Waals surface area (Å²) in [6, 6.07) is 14.6. The standard InChI is InChI=1S/C24H21F2N3O/c1-2-29-13-17(11-15-3-7-18(25)8-4-15)23-21(14-29)22(20(12-27)24(28)30-23)16-5-9-19(26)10-6-16/h3-11,22H,2,13-14,28H2,1H3/p+1/t22-/m0/s1. The lowest BCUT2D eigenvalue weighted by atomic mass is 9.80. The number of nitrogens with zero attached hydrogens (tertiary/aromatic N) is 1. The van der Waals surface area contributed by atoms with E-state index < -0.39 is 5.92 Å². The average molecular weight is 406 g/mol. The third-order valence-electron chi connectivity index (χ3n) is 5.61. The van der Waals surface area contributed by atoms with Gasteiger partial charge in [0.05, 0.1) is 12.5 Å². The van der Waals surface area contributed by atoms with Crippen LogP contribution in [0.1, 0.15) is 24.0 Å². The van der Waals surface area contributed by atoms with Gasteiger partial charge in [-0.2, -0.15) is 5.26 Å². The number of hydrogen-bond acceptors (Lipinski definition) is 3. The lowest BCUT2D eigenvalue weighted by Gasteiger charge is -2.36. The SMILES string of the molecule is CC[NH+]1CC(=Cc2ccc(F)cc2)C2=C(C1)[C@@H](c1ccc(F)cc1)C(C#N)=C(N)O2. The van der Waals surface area contributed by atoms with Gasteiger partial charge in [0.25, 0.3) is 0 Å². The number of likely N-dealkylation sites (N-methyl/N-ethyl adjacent to an activating group) is 1. The van der Waals surface area contributed by atoms with Crippen molar-refractivity contribution >= 4 is 6.08 Å². The van der Waals surface area contributed by atoms with Crippen LogP contribution in [0.15, 0.2) is 76.9 Å². The number of nitriles is 1. The van der Waals surface area contributed by atoms with Gasteiger partial charge in [-0.1, -0.05) is 24.3 Å². The molecule has 3 N–H and O–H groups in total. The maximum absolute atomic E-state index is 13.5. The number of rotatable bonds is 3. The summed E-state index contributed by atoms with van der Waals surface area (Å²) in [6.45, 7) is 4.39. The first-order chi connectivity index (χ1) is 14.5. The van der Waals surface area contributed by atoms with Crippen molar-refractivity contribution in [3.63, 3.8) is 0 Å². The Labute approximate surface area is 174 Å². The van der Waals surface area contributed by atoms with Crippen LogP contribution in [0.5, 0.6) is 0 Å². The Morgan fingerprint density at radius 1 is 1.10 bits per heavy atom. The average Bonchev–Trinajstić information content (AvgIpc) is 2.75. The minimum Gasteiger partial charge on any atom is -0.440 e. The van der Waals surface area contributed by atoms with Crippen LogP contribution in [0.25, 0.3) is 6.08 Å². The molecule has 2 aromatic rings. The van der Waals surface area contributed by atoms with E-state index in [-0.39, 0.29) is 17.5 Å². The molecule has 4 rings (SSSR count). The Hall–Kier alpha value is -3.43. The summed E-state index contributed by atoms with van der Waals surface area (Å²) in [5.74, 6) is -0.301. The highest BCUT2D eigenvalue weighted by molar-refractivity contribution is 5.62. The zero-order chi connectivity index (χ0) is 21.3. The summed E-state index contributed by atoms with van der Waals surface area (Å²) in [5, 5.41) is 9.77. The monoisotopic (exact) mass is 406 g/mol. The molecule has 2 aliphatic rings. The maximum atomic E-state index is 13.5. The van der Waals surface area contributed by atoms with Crippen LogP contribution in [0, 0.1) is 23.0 Å². The third-order valence-corrected chi connectivity index (χ3v) is 5.61. The largest absolute Gasteiger partial charge is 0.440 e. The molecule has 0 spiro atoms. The Bertz CT molecular complexity index is 1090. The number of ether oxygens (including phenoxy) is 1. The fourth-order valence-corrected chi connectivity index (χ4v) is 4.08. The van der Waals surface area contributed by atoms with Crippen LogP contribution in [0.4, 0.5) is 8.78 Å². The Kier molecular flexibility index (Phi) is 5.39. The van der Waals surface area contributed by atoms with Gasteiger partial charge in [0.2, 0.25) is 5.88 Å². The first kappa shape index (κ1) is 19.9. The van der Waals surface area contributed by atoms with Gasteiger partial charge < -0.3 is 15.4 Å². The minimum atomic E-state index is -0.391. The van der Waals surface area contributed by atoms with Crippen LogP contribution in [-0.4, -0.2) is 19.6 Å². The topological polar surface area (TPSA) is 63.5 Å².